The molecule has 0 spiro atoms. The Bertz CT molecular complexity index is 839. The molecule has 364 valence electrons. The molecule has 0 aromatic carbocycles. The second-order valence-corrected chi connectivity index (χ2v) is 12.1. The van der Waals surface area contributed by atoms with Gasteiger partial charge in [-0.1, -0.05) is 13.3 Å². The summed E-state index contributed by atoms with van der Waals surface area (Å²) in [6.07, 6.45) is 2.02. The van der Waals surface area contributed by atoms with Crippen molar-refractivity contribution in [2.45, 2.75) is 164 Å². The number of carboxylic acid groups (broad SMARTS) is 5. The SMILES string of the molecule is CCCCC(=O)O.COC(C)NC(C)OC.COC(C)NC(C)OC.COC(C)NC(C)OC.COC(C)NC(C)OC.O=C(O)CCC(=O)O.O=C(O)CCCC(=O)O. The van der Waals surface area contributed by atoms with Gasteiger partial charge in [0.25, 0.3) is 0 Å². The van der Waals surface area contributed by atoms with Crippen molar-refractivity contribution in [3.05, 3.63) is 0 Å². The van der Waals surface area contributed by atoms with E-state index in [-0.39, 0.29) is 81.9 Å². The molecule has 0 saturated heterocycles. The minimum Gasteiger partial charge on any atom is -0.481 e. The topological polar surface area (TPSA) is 308 Å². The van der Waals surface area contributed by atoms with Crippen LogP contribution in [0.3, 0.4) is 0 Å². The summed E-state index contributed by atoms with van der Waals surface area (Å²) in [7, 11) is 13.2. The van der Waals surface area contributed by atoms with Crippen LogP contribution in [0.15, 0.2) is 0 Å². The largest absolute Gasteiger partial charge is 0.481 e. The number of unbranched alkanes of at least 4 members (excludes halogenated alkanes) is 1. The van der Waals surface area contributed by atoms with Gasteiger partial charge in [-0.15, -0.1) is 0 Å². The number of nitrogens with one attached hydrogen (secondary N) is 4. The lowest BCUT2D eigenvalue weighted by Crippen LogP contribution is -2.36. The van der Waals surface area contributed by atoms with Crippen LogP contribution >= 0.6 is 0 Å². The zero-order valence-corrected chi connectivity index (χ0v) is 39.3. The highest BCUT2D eigenvalue weighted by Gasteiger charge is 2.05. The highest BCUT2D eigenvalue weighted by Crippen LogP contribution is 1.94. The highest BCUT2D eigenvalue weighted by molar-refractivity contribution is 5.75. The fourth-order valence-electron chi connectivity index (χ4n) is 2.80. The van der Waals surface area contributed by atoms with Gasteiger partial charge in [-0.25, -0.2) is 0 Å². The molecule has 0 radical (unpaired) electrons. The number of ether oxygens (including phenoxy) is 8. The summed E-state index contributed by atoms with van der Waals surface area (Å²) in [6, 6.07) is 0. The average molecular weight is 885 g/mol. The summed E-state index contributed by atoms with van der Waals surface area (Å²) in [6.45, 7) is 17.4. The van der Waals surface area contributed by atoms with Gasteiger partial charge in [0.1, 0.15) is 49.8 Å². The van der Waals surface area contributed by atoms with Crippen molar-refractivity contribution in [2.24, 2.45) is 0 Å². The van der Waals surface area contributed by atoms with Crippen LogP contribution in [-0.2, 0) is 61.9 Å². The van der Waals surface area contributed by atoms with Gasteiger partial charge in [-0.2, -0.15) is 0 Å². The van der Waals surface area contributed by atoms with E-state index >= 15 is 0 Å². The van der Waals surface area contributed by atoms with E-state index in [0.717, 1.165) is 12.8 Å². The van der Waals surface area contributed by atoms with Gasteiger partial charge in [0.2, 0.25) is 0 Å². The summed E-state index contributed by atoms with van der Waals surface area (Å²) >= 11 is 0. The molecule has 0 aliphatic rings. The Morgan fingerprint density at radius 1 is 0.333 bits per heavy atom. The van der Waals surface area contributed by atoms with E-state index in [2.05, 4.69) is 21.3 Å². The molecule has 0 aliphatic heterocycles. The number of hydrogen-bond donors (Lipinski definition) is 9. The quantitative estimate of drug-likeness (QED) is 0.0558. The fraction of sp³-hybridized carbons (Fsp3) is 0.868. The van der Waals surface area contributed by atoms with Crippen LogP contribution in [-0.4, -0.2) is 162 Å². The second kappa shape index (κ2) is 53.9. The van der Waals surface area contributed by atoms with E-state index in [1.54, 1.807) is 56.9 Å². The number of carbonyl (C=O) groups is 5. The molecule has 0 aliphatic carbocycles. The lowest BCUT2D eigenvalue weighted by molar-refractivity contribution is -0.143. The Morgan fingerprint density at radius 2 is 0.483 bits per heavy atom. The summed E-state index contributed by atoms with van der Waals surface area (Å²) in [5.74, 6) is -4.74. The van der Waals surface area contributed by atoms with Gasteiger partial charge >= 0.3 is 29.8 Å². The van der Waals surface area contributed by atoms with Crippen LogP contribution in [0.2, 0.25) is 0 Å². The Hall–Kier alpha value is -3.13. The van der Waals surface area contributed by atoms with Crippen molar-refractivity contribution < 1.29 is 87.4 Å². The van der Waals surface area contributed by atoms with Gasteiger partial charge < -0.3 is 63.4 Å². The van der Waals surface area contributed by atoms with Gasteiger partial charge in [0, 0.05) is 76.1 Å². The molecule has 0 bridgehead atoms. The molecule has 0 aromatic rings. The number of aliphatic carboxylic acids is 5. The van der Waals surface area contributed by atoms with Crippen molar-refractivity contribution in [2.75, 3.05) is 56.9 Å². The van der Waals surface area contributed by atoms with Crippen LogP contribution in [0.1, 0.15) is 114 Å². The number of methoxy groups -OCH3 is 8. The fourth-order valence-corrected chi connectivity index (χ4v) is 2.80. The van der Waals surface area contributed by atoms with E-state index in [9.17, 15) is 24.0 Å². The zero-order chi connectivity index (χ0) is 48.6. The molecular formula is C38H84N4O18. The monoisotopic (exact) mass is 885 g/mol. The van der Waals surface area contributed by atoms with Gasteiger partial charge in [-0.05, 0) is 68.2 Å². The first-order valence-electron chi connectivity index (χ1n) is 19.2. The maximum absolute atomic E-state index is 9.79. The first kappa shape index (κ1) is 71.4. The molecule has 8 unspecified atom stereocenters. The molecule has 22 nitrogen and oxygen atoms in total. The van der Waals surface area contributed by atoms with E-state index in [1.165, 1.54) is 0 Å². The van der Waals surface area contributed by atoms with Crippen molar-refractivity contribution >= 4 is 29.8 Å². The molecule has 0 heterocycles. The molecule has 0 amide bonds. The standard InChI is InChI=1S/4C6H15NO2.C5H8O4.C5H10O2.C4H6O4/c4*1-5(8-3)7-6(2)9-4;6-4(7)2-1-3-5(8)9;1-2-3-4-5(6)7;5-3(6)1-2-4(7)8/h4*5-7H,1-4H3;1-3H2,(H,6,7)(H,8,9);2-4H2,1H3,(H,6,7);1-2H2,(H,5,6)(H,7,8). The van der Waals surface area contributed by atoms with Gasteiger partial charge in [-0.3, -0.25) is 45.2 Å². The maximum Gasteiger partial charge on any atom is 0.303 e. The normalized spacial score (nSPS) is 13.9. The third kappa shape index (κ3) is 82.7. The Labute approximate surface area is 358 Å². The molecular weight excluding hydrogens is 800 g/mol. The summed E-state index contributed by atoms with van der Waals surface area (Å²) in [5, 5.41) is 52.0. The number of hydrogen-bond acceptors (Lipinski definition) is 17. The van der Waals surface area contributed by atoms with E-state index in [4.69, 9.17) is 63.4 Å². The maximum atomic E-state index is 9.79. The summed E-state index contributed by atoms with van der Waals surface area (Å²) < 4.78 is 39.5. The summed E-state index contributed by atoms with van der Waals surface area (Å²) in [5.41, 5.74) is 0. The third-order valence-electron chi connectivity index (χ3n) is 6.78. The van der Waals surface area contributed by atoms with Crippen LogP contribution in [0.25, 0.3) is 0 Å². The molecule has 0 saturated carbocycles. The minimum absolute atomic E-state index is 0.0555. The Kier molecular flexibility index (Phi) is 64.1. The lowest BCUT2D eigenvalue weighted by Gasteiger charge is -2.16. The molecule has 0 rings (SSSR count). The van der Waals surface area contributed by atoms with Crippen LogP contribution in [0.4, 0.5) is 0 Å². The molecule has 9 N–H and O–H groups in total. The average Bonchev–Trinajstić information content (AvgIpc) is 3.19. The predicted molar refractivity (Wildman–Crippen MR) is 225 cm³/mol. The zero-order valence-electron chi connectivity index (χ0n) is 39.3. The first-order valence-corrected chi connectivity index (χ1v) is 19.2. The summed E-state index contributed by atoms with van der Waals surface area (Å²) in [4.78, 5) is 48.6. The lowest BCUT2D eigenvalue weighted by atomic mass is 10.2. The molecule has 0 fully saturated rings. The molecule has 60 heavy (non-hydrogen) atoms. The molecule has 0 aromatic heterocycles. The van der Waals surface area contributed by atoms with Crippen molar-refractivity contribution in [1.29, 1.82) is 0 Å². The number of rotatable bonds is 26. The van der Waals surface area contributed by atoms with E-state index in [1.807, 2.05) is 62.3 Å². The number of carboxylic acids is 5. The van der Waals surface area contributed by atoms with E-state index < -0.39 is 29.8 Å². The minimum atomic E-state index is -1.08. The third-order valence-corrected chi connectivity index (χ3v) is 6.78. The van der Waals surface area contributed by atoms with Gasteiger partial charge in [0.05, 0.1) is 12.8 Å². The first-order chi connectivity index (χ1) is 27.8. The van der Waals surface area contributed by atoms with Crippen molar-refractivity contribution in [3.63, 3.8) is 0 Å². The molecule has 8 atom stereocenters. The second-order valence-electron chi connectivity index (χ2n) is 12.1. The predicted octanol–water partition coefficient (Wildman–Crippen LogP) is 3.77. The van der Waals surface area contributed by atoms with Crippen LogP contribution in [0, 0.1) is 0 Å². The Morgan fingerprint density at radius 3 is 0.583 bits per heavy atom. The van der Waals surface area contributed by atoms with Gasteiger partial charge in [0.15, 0.2) is 0 Å². The van der Waals surface area contributed by atoms with E-state index in [0.29, 0.717) is 6.42 Å². The van der Waals surface area contributed by atoms with Crippen LogP contribution < -0.4 is 21.3 Å². The van der Waals surface area contributed by atoms with Crippen molar-refractivity contribution in [1.82, 2.24) is 21.3 Å². The Balaban J connectivity index is -0.000000109. The highest BCUT2D eigenvalue weighted by atomic mass is 16.5. The smallest absolute Gasteiger partial charge is 0.303 e. The van der Waals surface area contributed by atoms with Crippen molar-refractivity contribution in [3.8, 4) is 0 Å². The molecule has 22 heteroatoms. The van der Waals surface area contributed by atoms with Crippen LogP contribution in [0.5, 0.6) is 0 Å².